The van der Waals surface area contributed by atoms with Crippen LogP contribution in [-0.2, 0) is 9.59 Å². The SMILES string of the molecule is O=C(O)C1CCCCN1C(=O)C1(C(F)(F)F)CCNC1. The van der Waals surface area contributed by atoms with E-state index < -0.39 is 36.1 Å². The molecule has 2 aliphatic rings. The molecule has 0 aromatic heterocycles. The third-order valence-corrected chi connectivity index (χ3v) is 4.16. The van der Waals surface area contributed by atoms with Crippen LogP contribution < -0.4 is 5.32 Å². The van der Waals surface area contributed by atoms with E-state index in [2.05, 4.69) is 5.32 Å². The van der Waals surface area contributed by atoms with Gasteiger partial charge in [-0.25, -0.2) is 4.79 Å². The maximum atomic E-state index is 13.3. The Morgan fingerprint density at radius 2 is 2.00 bits per heavy atom. The second-order valence-electron chi connectivity index (χ2n) is 5.36. The average molecular weight is 294 g/mol. The minimum atomic E-state index is -4.67. The molecule has 0 aromatic carbocycles. The van der Waals surface area contributed by atoms with Gasteiger partial charge in [0.25, 0.3) is 0 Å². The maximum Gasteiger partial charge on any atom is 0.404 e. The number of nitrogens with one attached hydrogen (secondary N) is 1. The van der Waals surface area contributed by atoms with Crippen molar-refractivity contribution in [2.75, 3.05) is 19.6 Å². The monoisotopic (exact) mass is 294 g/mol. The van der Waals surface area contributed by atoms with E-state index in [9.17, 15) is 22.8 Å². The van der Waals surface area contributed by atoms with E-state index in [-0.39, 0.29) is 25.9 Å². The van der Waals surface area contributed by atoms with Gasteiger partial charge in [0.1, 0.15) is 6.04 Å². The molecule has 0 aromatic rings. The summed E-state index contributed by atoms with van der Waals surface area (Å²) in [6.45, 7) is -0.289. The summed E-state index contributed by atoms with van der Waals surface area (Å²) in [5, 5.41) is 11.7. The number of aliphatic carboxylic acids is 1. The molecule has 2 unspecified atom stereocenters. The van der Waals surface area contributed by atoms with Crippen LogP contribution in [0.1, 0.15) is 25.7 Å². The van der Waals surface area contributed by atoms with Gasteiger partial charge >= 0.3 is 12.1 Å². The topological polar surface area (TPSA) is 69.6 Å². The van der Waals surface area contributed by atoms with Crippen LogP contribution in [-0.4, -0.2) is 53.7 Å². The van der Waals surface area contributed by atoms with E-state index >= 15 is 0 Å². The lowest BCUT2D eigenvalue weighted by atomic mass is 9.83. The van der Waals surface area contributed by atoms with Gasteiger partial charge in [-0.1, -0.05) is 0 Å². The molecule has 2 N–H and O–H groups in total. The van der Waals surface area contributed by atoms with Crippen molar-refractivity contribution in [3.05, 3.63) is 0 Å². The largest absolute Gasteiger partial charge is 0.480 e. The normalized spacial score (nSPS) is 31.4. The quantitative estimate of drug-likeness (QED) is 0.797. The molecule has 20 heavy (non-hydrogen) atoms. The summed E-state index contributed by atoms with van der Waals surface area (Å²) in [6, 6.07) is -1.14. The van der Waals surface area contributed by atoms with Crippen molar-refractivity contribution in [3.63, 3.8) is 0 Å². The summed E-state index contributed by atoms with van der Waals surface area (Å²) in [4.78, 5) is 24.4. The van der Waals surface area contributed by atoms with Crippen molar-refractivity contribution in [2.45, 2.75) is 37.9 Å². The Kier molecular flexibility index (Phi) is 3.95. The summed E-state index contributed by atoms with van der Waals surface area (Å²) in [5.74, 6) is -2.33. The molecule has 0 aliphatic carbocycles. The first kappa shape index (κ1) is 15.1. The number of hydrogen-bond donors (Lipinski definition) is 2. The maximum absolute atomic E-state index is 13.3. The number of piperidine rings is 1. The lowest BCUT2D eigenvalue weighted by molar-refractivity contribution is -0.224. The third-order valence-electron chi connectivity index (χ3n) is 4.16. The Morgan fingerprint density at radius 1 is 1.30 bits per heavy atom. The van der Waals surface area contributed by atoms with E-state index in [1.54, 1.807) is 0 Å². The number of carbonyl (C=O) groups is 2. The molecule has 2 heterocycles. The van der Waals surface area contributed by atoms with Crippen molar-refractivity contribution in [3.8, 4) is 0 Å². The molecule has 5 nitrogen and oxygen atoms in total. The van der Waals surface area contributed by atoms with E-state index in [0.29, 0.717) is 12.8 Å². The van der Waals surface area contributed by atoms with Crippen molar-refractivity contribution in [1.29, 1.82) is 0 Å². The van der Waals surface area contributed by atoms with Gasteiger partial charge in [0, 0.05) is 13.1 Å². The molecule has 2 fully saturated rings. The highest BCUT2D eigenvalue weighted by molar-refractivity contribution is 5.89. The summed E-state index contributed by atoms with van der Waals surface area (Å²) in [5.41, 5.74) is -2.47. The van der Waals surface area contributed by atoms with E-state index in [0.717, 1.165) is 4.90 Å². The van der Waals surface area contributed by atoms with E-state index in [4.69, 9.17) is 5.11 Å². The summed E-state index contributed by atoms with van der Waals surface area (Å²) in [6.07, 6.45) is -3.65. The third kappa shape index (κ3) is 2.36. The highest BCUT2D eigenvalue weighted by Crippen LogP contribution is 2.45. The second-order valence-corrected chi connectivity index (χ2v) is 5.36. The first-order valence-corrected chi connectivity index (χ1v) is 6.61. The molecular weight excluding hydrogens is 277 g/mol. The molecular formula is C12H17F3N2O3. The smallest absolute Gasteiger partial charge is 0.404 e. The summed E-state index contributed by atoms with van der Waals surface area (Å²) in [7, 11) is 0. The number of carboxylic acid groups (broad SMARTS) is 1. The van der Waals surface area contributed by atoms with Gasteiger partial charge in [0.15, 0.2) is 5.41 Å². The van der Waals surface area contributed by atoms with Crippen LogP contribution in [0.4, 0.5) is 13.2 Å². The van der Waals surface area contributed by atoms with Crippen LogP contribution in [0.2, 0.25) is 0 Å². The predicted molar refractivity (Wildman–Crippen MR) is 63.0 cm³/mol. The fourth-order valence-electron chi connectivity index (χ4n) is 2.94. The zero-order valence-corrected chi connectivity index (χ0v) is 10.9. The number of amides is 1. The first-order valence-electron chi connectivity index (χ1n) is 6.61. The number of likely N-dealkylation sites (tertiary alicyclic amines) is 1. The number of nitrogens with zero attached hydrogens (tertiary/aromatic N) is 1. The molecule has 2 saturated heterocycles. The van der Waals surface area contributed by atoms with Crippen molar-refractivity contribution >= 4 is 11.9 Å². The highest BCUT2D eigenvalue weighted by atomic mass is 19.4. The zero-order chi connectivity index (χ0) is 15.0. The van der Waals surface area contributed by atoms with Crippen LogP contribution in [0.3, 0.4) is 0 Å². The van der Waals surface area contributed by atoms with Crippen LogP contribution >= 0.6 is 0 Å². The lowest BCUT2D eigenvalue weighted by Gasteiger charge is -2.40. The zero-order valence-electron chi connectivity index (χ0n) is 10.9. The standard InChI is InChI=1S/C12H17F3N2O3/c13-12(14,15)11(4-5-16-7-11)10(20)17-6-2-1-3-8(17)9(18)19/h8,16H,1-7H2,(H,18,19). The molecule has 114 valence electrons. The van der Waals surface area contributed by atoms with Crippen molar-refractivity contribution < 1.29 is 27.9 Å². The van der Waals surface area contributed by atoms with Gasteiger partial charge in [-0.05, 0) is 32.2 Å². The molecule has 2 atom stereocenters. The first-order chi connectivity index (χ1) is 9.29. The Hall–Kier alpha value is -1.31. The fraction of sp³-hybridized carbons (Fsp3) is 0.833. The van der Waals surface area contributed by atoms with Crippen LogP contribution in [0, 0.1) is 5.41 Å². The average Bonchev–Trinajstić information content (AvgIpc) is 2.88. The minimum absolute atomic E-state index is 0.0770. The summed E-state index contributed by atoms with van der Waals surface area (Å²) >= 11 is 0. The Bertz CT molecular complexity index is 405. The molecule has 1 amide bonds. The molecule has 0 saturated carbocycles. The van der Waals surface area contributed by atoms with Gasteiger partial charge in [-0.15, -0.1) is 0 Å². The number of rotatable bonds is 2. The van der Waals surface area contributed by atoms with Gasteiger partial charge in [0.2, 0.25) is 5.91 Å². The molecule has 0 bridgehead atoms. The number of carbonyl (C=O) groups excluding carboxylic acids is 1. The van der Waals surface area contributed by atoms with E-state index in [1.807, 2.05) is 0 Å². The van der Waals surface area contributed by atoms with E-state index in [1.165, 1.54) is 0 Å². The number of carboxylic acids is 1. The Labute approximate surface area is 114 Å². The molecule has 2 aliphatic heterocycles. The second kappa shape index (κ2) is 5.23. The van der Waals surface area contributed by atoms with Crippen LogP contribution in [0.15, 0.2) is 0 Å². The predicted octanol–water partition coefficient (Wildman–Crippen LogP) is 0.994. The van der Waals surface area contributed by atoms with Gasteiger partial charge in [-0.3, -0.25) is 4.79 Å². The number of halogens is 3. The molecule has 2 rings (SSSR count). The summed E-state index contributed by atoms with van der Waals surface area (Å²) < 4.78 is 39.9. The van der Waals surface area contributed by atoms with Gasteiger partial charge < -0.3 is 15.3 Å². The fourth-order valence-corrected chi connectivity index (χ4v) is 2.94. The Morgan fingerprint density at radius 3 is 2.50 bits per heavy atom. The molecule has 0 radical (unpaired) electrons. The lowest BCUT2D eigenvalue weighted by Crippen LogP contribution is -2.58. The number of hydrogen-bond acceptors (Lipinski definition) is 3. The van der Waals surface area contributed by atoms with Gasteiger partial charge in [-0.2, -0.15) is 13.2 Å². The minimum Gasteiger partial charge on any atom is -0.480 e. The molecule has 0 spiro atoms. The van der Waals surface area contributed by atoms with Crippen LogP contribution in [0.5, 0.6) is 0 Å². The number of alkyl halides is 3. The van der Waals surface area contributed by atoms with Gasteiger partial charge in [0.05, 0.1) is 0 Å². The van der Waals surface area contributed by atoms with Crippen molar-refractivity contribution in [1.82, 2.24) is 10.2 Å². The molecule has 8 heteroatoms. The Balaban J connectivity index is 2.29. The van der Waals surface area contributed by atoms with Crippen LogP contribution in [0.25, 0.3) is 0 Å². The van der Waals surface area contributed by atoms with Crippen molar-refractivity contribution in [2.24, 2.45) is 5.41 Å². The highest BCUT2D eigenvalue weighted by Gasteiger charge is 2.63.